The van der Waals surface area contributed by atoms with Crippen LogP contribution < -0.4 is 11.5 Å². The monoisotopic (exact) mass is 276 g/mol. The number of rotatable bonds is 5. The average molecular weight is 276 g/mol. The molecule has 3 atom stereocenters. The lowest BCUT2D eigenvalue weighted by Crippen LogP contribution is -2.48. The van der Waals surface area contributed by atoms with E-state index in [1.807, 2.05) is 12.1 Å². The second-order valence-electron chi connectivity index (χ2n) is 5.53. The molecule has 2 rings (SSSR count). The van der Waals surface area contributed by atoms with E-state index in [0.29, 0.717) is 6.54 Å². The van der Waals surface area contributed by atoms with E-state index in [-0.39, 0.29) is 23.9 Å². The zero-order valence-electron chi connectivity index (χ0n) is 12.0. The topological polar surface area (TPSA) is 85.2 Å². The van der Waals surface area contributed by atoms with Gasteiger partial charge in [0.15, 0.2) is 0 Å². The van der Waals surface area contributed by atoms with Crippen LogP contribution in [0.2, 0.25) is 0 Å². The van der Waals surface area contributed by atoms with Gasteiger partial charge in [0.1, 0.15) is 0 Å². The molecule has 1 aliphatic heterocycles. The third-order valence-electron chi connectivity index (χ3n) is 4.17. The fourth-order valence-electron chi connectivity index (χ4n) is 3.00. The Bertz CT molecular complexity index is 437. The Morgan fingerprint density at radius 3 is 2.80 bits per heavy atom. The van der Waals surface area contributed by atoms with Crippen LogP contribution in [-0.2, 0) is 4.79 Å². The van der Waals surface area contributed by atoms with Gasteiger partial charge in [-0.25, -0.2) is 0 Å². The lowest BCUT2D eigenvalue weighted by atomic mass is 9.91. The van der Waals surface area contributed by atoms with Crippen molar-refractivity contribution < 1.29 is 4.79 Å². The minimum absolute atomic E-state index is 0.0454. The molecule has 0 bridgehead atoms. The molecule has 1 fully saturated rings. The third kappa shape index (κ3) is 3.35. The highest BCUT2D eigenvalue weighted by Gasteiger charge is 2.31. The normalized spacial score (nSPS) is 23.2. The number of pyridine rings is 1. The number of likely N-dealkylation sites (tertiary alicyclic amines) is 1. The summed E-state index contributed by atoms with van der Waals surface area (Å²) in [5.74, 6) is -0.259. The first-order valence-electron chi connectivity index (χ1n) is 7.32. The van der Waals surface area contributed by atoms with Crippen LogP contribution in [0.4, 0.5) is 0 Å². The molecule has 0 aromatic carbocycles. The highest BCUT2D eigenvalue weighted by atomic mass is 16.1. The molecular weight excluding hydrogens is 252 g/mol. The summed E-state index contributed by atoms with van der Waals surface area (Å²) in [6, 6.07) is 4.19. The molecule has 5 nitrogen and oxygen atoms in total. The fraction of sp³-hybridized carbons (Fsp3) is 0.600. The molecule has 1 aromatic heterocycles. The molecule has 4 N–H and O–H groups in total. The largest absolute Gasteiger partial charge is 0.369 e. The van der Waals surface area contributed by atoms with E-state index in [4.69, 9.17) is 11.5 Å². The average Bonchev–Trinajstić information content (AvgIpc) is 2.48. The molecule has 1 amide bonds. The fourth-order valence-corrected chi connectivity index (χ4v) is 3.00. The van der Waals surface area contributed by atoms with Crippen LogP contribution in [0.5, 0.6) is 0 Å². The van der Waals surface area contributed by atoms with Crippen LogP contribution in [0.25, 0.3) is 0 Å². The Kier molecular flexibility index (Phi) is 5.09. The SMILES string of the molecule is CCC(N)C(c1ccncc1)N1CCCC(C(N)=O)C1. The Morgan fingerprint density at radius 1 is 1.50 bits per heavy atom. The summed E-state index contributed by atoms with van der Waals surface area (Å²) in [5, 5.41) is 0. The van der Waals surface area contributed by atoms with Gasteiger partial charge in [0, 0.05) is 31.0 Å². The van der Waals surface area contributed by atoms with E-state index < -0.39 is 0 Å². The Balaban J connectivity index is 2.21. The number of carbonyl (C=O) groups excluding carboxylic acids is 1. The van der Waals surface area contributed by atoms with Gasteiger partial charge in [-0.3, -0.25) is 14.7 Å². The van der Waals surface area contributed by atoms with Gasteiger partial charge in [-0.2, -0.15) is 0 Å². The van der Waals surface area contributed by atoms with Crippen LogP contribution >= 0.6 is 0 Å². The highest BCUT2D eigenvalue weighted by Crippen LogP contribution is 2.29. The molecule has 0 aliphatic carbocycles. The van der Waals surface area contributed by atoms with Crippen LogP contribution in [-0.4, -0.2) is 34.9 Å². The van der Waals surface area contributed by atoms with Crippen molar-refractivity contribution in [1.82, 2.24) is 9.88 Å². The first-order valence-corrected chi connectivity index (χ1v) is 7.32. The number of primary amides is 1. The summed E-state index contributed by atoms with van der Waals surface area (Å²) in [5.41, 5.74) is 13.0. The second-order valence-corrected chi connectivity index (χ2v) is 5.53. The molecule has 5 heteroatoms. The molecular formula is C15H24N4O. The number of aromatic nitrogens is 1. The molecule has 1 aliphatic rings. The molecule has 2 heterocycles. The maximum atomic E-state index is 11.5. The van der Waals surface area contributed by atoms with Gasteiger partial charge in [0.2, 0.25) is 5.91 Å². The van der Waals surface area contributed by atoms with E-state index in [0.717, 1.165) is 25.8 Å². The van der Waals surface area contributed by atoms with E-state index in [9.17, 15) is 4.79 Å². The van der Waals surface area contributed by atoms with Crippen LogP contribution in [0, 0.1) is 5.92 Å². The molecule has 110 valence electrons. The predicted octanol–water partition coefficient (Wildman–Crippen LogP) is 1.06. The van der Waals surface area contributed by atoms with E-state index in [1.165, 1.54) is 5.56 Å². The summed E-state index contributed by atoms with van der Waals surface area (Å²) in [6.45, 7) is 3.76. The van der Waals surface area contributed by atoms with E-state index >= 15 is 0 Å². The van der Waals surface area contributed by atoms with Gasteiger partial charge in [0.25, 0.3) is 0 Å². The van der Waals surface area contributed by atoms with Gasteiger partial charge in [-0.05, 0) is 43.5 Å². The van der Waals surface area contributed by atoms with Gasteiger partial charge in [0.05, 0.1) is 5.92 Å². The minimum Gasteiger partial charge on any atom is -0.369 e. The van der Waals surface area contributed by atoms with Crippen molar-refractivity contribution in [3.63, 3.8) is 0 Å². The Hall–Kier alpha value is -1.46. The minimum atomic E-state index is -0.201. The van der Waals surface area contributed by atoms with Crippen molar-refractivity contribution in [2.24, 2.45) is 17.4 Å². The van der Waals surface area contributed by atoms with Crippen molar-refractivity contribution >= 4 is 5.91 Å². The van der Waals surface area contributed by atoms with Crippen molar-refractivity contribution in [1.29, 1.82) is 0 Å². The first-order chi connectivity index (χ1) is 9.63. The second kappa shape index (κ2) is 6.81. The number of nitrogens with two attached hydrogens (primary N) is 2. The highest BCUT2D eigenvalue weighted by molar-refractivity contribution is 5.76. The number of hydrogen-bond donors (Lipinski definition) is 2. The van der Waals surface area contributed by atoms with Crippen LogP contribution in [0.15, 0.2) is 24.5 Å². The van der Waals surface area contributed by atoms with Crippen molar-refractivity contribution in [3.8, 4) is 0 Å². The van der Waals surface area contributed by atoms with E-state index in [1.54, 1.807) is 12.4 Å². The molecule has 0 spiro atoms. The van der Waals surface area contributed by atoms with Crippen molar-refractivity contribution in [2.75, 3.05) is 13.1 Å². The van der Waals surface area contributed by atoms with Crippen molar-refractivity contribution in [2.45, 2.75) is 38.3 Å². The summed E-state index contributed by atoms with van der Waals surface area (Å²) in [7, 11) is 0. The van der Waals surface area contributed by atoms with Gasteiger partial charge >= 0.3 is 0 Å². The third-order valence-corrected chi connectivity index (χ3v) is 4.17. The lowest BCUT2D eigenvalue weighted by Gasteiger charge is -2.40. The Labute approximate surface area is 120 Å². The molecule has 1 saturated heterocycles. The summed E-state index contributed by atoms with van der Waals surface area (Å²) >= 11 is 0. The van der Waals surface area contributed by atoms with Gasteiger partial charge in [-0.15, -0.1) is 0 Å². The van der Waals surface area contributed by atoms with E-state index in [2.05, 4.69) is 16.8 Å². The molecule has 1 aromatic rings. The maximum absolute atomic E-state index is 11.5. The van der Waals surface area contributed by atoms with Crippen LogP contribution in [0.3, 0.4) is 0 Å². The quantitative estimate of drug-likeness (QED) is 0.842. The molecule has 0 radical (unpaired) electrons. The Morgan fingerprint density at radius 2 is 2.20 bits per heavy atom. The molecule has 0 saturated carbocycles. The maximum Gasteiger partial charge on any atom is 0.221 e. The molecule has 20 heavy (non-hydrogen) atoms. The smallest absolute Gasteiger partial charge is 0.221 e. The zero-order valence-corrected chi connectivity index (χ0v) is 12.0. The number of hydrogen-bond acceptors (Lipinski definition) is 4. The summed E-state index contributed by atoms with van der Waals surface area (Å²) in [4.78, 5) is 17.8. The number of carbonyl (C=O) groups is 1. The van der Waals surface area contributed by atoms with Crippen LogP contribution in [0.1, 0.15) is 37.8 Å². The number of nitrogens with zero attached hydrogens (tertiary/aromatic N) is 2. The number of piperidine rings is 1. The van der Waals surface area contributed by atoms with Crippen molar-refractivity contribution in [3.05, 3.63) is 30.1 Å². The first kappa shape index (κ1) is 14.9. The zero-order chi connectivity index (χ0) is 14.5. The predicted molar refractivity (Wildman–Crippen MR) is 78.7 cm³/mol. The number of amides is 1. The summed E-state index contributed by atoms with van der Waals surface area (Å²) < 4.78 is 0. The van der Waals surface area contributed by atoms with Gasteiger partial charge < -0.3 is 11.5 Å². The standard InChI is InChI=1S/C15H24N4O/c1-2-13(16)14(11-5-7-18-8-6-11)19-9-3-4-12(10-19)15(17)20/h5-8,12-14H,2-4,9-10,16H2,1H3,(H2,17,20). The van der Waals surface area contributed by atoms with Gasteiger partial charge in [-0.1, -0.05) is 6.92 Å². The molecule has 3 unspecified atom stereocenters. The summed E-state index contributed by atoms with van der Waals surface area (Å²) in [6.07, 6.45) is 6.35. The lowest BCUT2D eigenvalue weighted by molar-refractivity contribution is -0.123.